The Morgan fingerprint density at radius 1 is 0.685 bits per heavy atom. The molecule has 3 aliphatic rings. The van der Waals surface area contributed by atoms with E-state index in [0.29, 0.717) is 0 Å². The van der Waals surface area contributed by atoms with Crippen molar-refractivity contribution in [3.8, 4) is 40.1 Å². The second-order valence-electron chi connectivity index (χ2n) is 13.3. The molecule has 0 saturated carbocycles. The van der Waals surface area contributed by atoms with Gasteiger partial charge in [-0.1, -0.05) is 0 Å². The molecule has 1 aromatic heterocycles. The lowest BCUT2D eigenvalue weighted by Crippen LogP contribution is -2.65. The zero-order valence-electron chi connectivity index (χ0n) is 28.8. The fourth-order valence-electron chi connectivity index (χ4n) is 6.40. The van der Waals surface area contributed by atoms with Crippen molar-refractivity contribution in [2.75, 3.05) is 13.7 Å². The first kappa shape index (κ1) is 39.8. The molecule has 11 N–H and O–H groups in total. The lowest BCUT2D eigenvalue weighted by molar-refractivity contribution is -0.360. The number of methoxy groups -OCH3 is 1. The molecule has 3 saturated heterocycles. The van der Waals surface area contributed by atoms with Gasteiger partial charge >= 0.3 is 0 Å². The summed E-state index contributed by atoms with van der Waals surface area (Å²) >= 11 is 0. The molecule has 3 aliphatic heterocycles. The Morgan fingerprint density at radius 2 is 1.31 bits per heavy atom. The van der Waals surface area contributed by atoms with Crippen molar-refractivity contribution in [2.45, 2.75) is 106 Å². The molecule has 20 heteroatoms. The van der Waals surface area contributed by atoms with Crippen molar-refractivity contribution in [2.24, 2.45) is 0 Å². The maximum absolute atomic E-state index is 14.2. The molecule has 20 nitrogen and oxygen atoms in total. The fourth-order valence-corrected chi connectivity index (χ4v) is 6.40. The van der Waals surface area contributed by atoms with Crippen LogP contribution in [0.1, 0.15) is 13.8 Å². The van der Waals surface area contributed by atoms with Gasteiger partial charge in [0.2, 0.25) is 17.5 Å². The van der Waals surface area contributed by atoms with Crippen LogP contribution in [0.25, 0.3) is 22.3 Å². The van der Waals surface area contributed by atoms with Gasteiger partial charge in [-0.15, -0.1) is 0 Å². The van der Waals surface area contributed by atoms with Crippen molar-refractivity contribution in [1.29, 1.82) is 0 Å². The number of aliphatic hydroxyl groups is 8. The zero-order valence-corrected chi connectivity index (χ0v) is 28.8. The van der Waals surface area contributed by atoms with Crippen LogP contribution in [0.5, 0.6) is 28.7 Å². The van der Waals surface area contributed by atoms with E-state index in [4.69, 9.17) is 37.6 Å². The number of benzene rings is 2. The Labute approximate surface area is 305 Å². The quantitative estimate of drug-likeness (QED) is 0.107. The number of phenols is 3. The molecule has 3 aromatic rings. The SMILES string of the molecule is COc1cc(-c2oc3cc(O)cc(O)c3c(=O)c2O[C@H]2O[C@H](CO[C@H]3O[C@H](C)[C@H](O)[C@H](O)[C@@H]3O)[C@H](O)[C@H](O)[C@@H]2O[C@H]2O[C@H](C)[C@@H](O)[C@@H](O)[C@H]2O)ccc1O. The summed E-state index contributed by atoms with van der Waals surface area (Å²) in [4.78, 5) is 14.2. The minimum Gasteiger partial charge on any atom is -0.508 e. The van der Waals surface area contributed by atoms with Gasteiger partial charge in [0.1, 0.15) is 77.4 Å². The summed E-state index contributed by atoms with van der Waals surface area (Å²) in [5, 5.41) is 115. The predicted octanol–water partition coefficient (Wildman–Crippen LogP) is -2.53. The maximum Gasteiger partial charge on any atom is 0.239 e. The number of hydrogen-bond donors (Lipinski definition) is 11. The molecule has 4 heterocycles. The van der Waals surface area contributed by atoms with E-state index in [9.17, 15) is 61.0 Å². The van der Waals surface area contributed by atoms with Crippen molar-refractivity contribution >= 4 is 11.0 Å². The number of rotatable bonds is 9. The Morgan fingerprint density at radius 3 is 1.96 bits per heavy atom. The molecule has 298 valence electrons. The molecule has 2 aromatic carbocycles. The number of hydrogen-bond acceptors (Lipinski definition) is 20. The minimum atomic E-state index is -2.02. The van der Waals surface area contributed by atoms with Crippen LogP contribution < -0.4 is 14.9 Å². The summed E-state index contributed by atoms with van der Waals surface area (Å²) in [5.74, 6) is -2.63. The largest absolute Gasteiger partial charge is 0.508 e. The molecule has 15 atom stereocenters. The average Bonchev–Trinajstić information content (AvgIpc) is 3.13. The first-order chi connectivity index (χ1) is 25.5. The third kappa shape index (κ3) is 7.41. The van der Waals surface area contributed by atoms with Crippen molar-refractivity contribution in [1.82, 2.24) is 0 Å². The van der Waals surface area contributed by atoms with E-state index in [0.717, 1.165) is 12.1 Å². The lowest BCUT2D eigenvalue weighted by Gasteiger charge is -2.46. The topological polar surface area (TPSA) is 317 Å². The molecule has 0 unspecified atom stereocenters. The molecule has 0 amide bonds. The molecule has 0 spiro atoms. The van der Waals surface area contributed by atoms with Gasteiger partial charge in [-0.2, -0.15) is 0 Å². The first-order valence-corrected chi connectivity index (χ1v) is 16.8. The summed E-state index contributed by atoms with van der Waals surface area (Å²) < 4.78 is 45.6. The van der Waals surface area contributed by atoms with E-state index in [1.54, 1.807) is 0 Å². The summed E-state index contributed by atoms with van der Waals surface area (Å²) in [6.45, 7) is 2.09. The van der Waals surface area contributed by atoms with Crippen molar-refractivity contribution in [3.05, 3.63) is 40.6 Å². The summed E-state index contributed by atoms with van der Waals surface area (Å²) in [7, 11) is 1.26. The average molecular weight is 771 g/mol. The summed E-state index contributed by atoms with van der Waals surface area (Å²) in [6.07, 6.45) is -24.9. The van der Waals surface area contributed by atoms with Crippen LogP contribution in [-0.4, -0.2) is 162 Å². The number of aromatic hydroxyl groups is 3. The van der Waals surface area contributed by atoms with Gasteiger partial charge < -0.3 is 93.7 Å². The van der Waals surface area contributed by atoms with Gasteiger partial charge in [0.05, 0.1) is 25.9 Å². The van der Waals surface area contributed by atoms with Gasteiger partial charge in [-0.05, 0) is 32.0 Å². The highest BCUT2D eigenvalue weighted by Gasteiger charge is 2.52. The van der Waals surface area contributed by atoms with Crippen molar-refractivity contribution < 1.29 is 93.7 Å². The summed E-state index contributed by atoms with van der Waals surface area (Å²) in [6, 6.07) is 5.69. The fraction of sp³-hybridized carbons (Fsp3) is 0.559. The maximum atomic E-state index is 14.2. The Kier molecular flexibility index (Phi) is 11.6. The van der Waals surface area contributed by atoms with Gasteiger partial charge in [0.25, 0.3) is 0 Å². The highest BCUT2D eigenvalue weighted by molar-refractivity contribution is 5.88. The molecular formula is C34H42O20. The number of aliphatic hydroxyl groups excluding tert-OH is 8. The van der Waals surface area contributed by atoms with E-state index in [2.05, 4.69) is 0 Å². The lowest BCUT2D eigenvalue weighted by atomic mass is 9.97. The smallest absolute Gasteiger partial charge is 0.239 e. The van der Waals surface area contributed by atoms with Crippen molar-refractivity contribution in [3.63, 3.8) is 0 Å². The van der Waals surface area contributed by atoms with Crippen LogP contribution in [0.4, 0.5) is 0 Å². The Hall–Kier alpha value is -3.87. The zero-order chi connectivity index (χ0) is 39.3. The van der Waals surface area contributed by atoms with E-state index < -0.39 is 127 Å². The summed E-state index contributed by atoms with van der Waals surface area (Å²) in [5.41, 5.74) is -1.31. The Balaban J connectivity index is 1.41. The standard InChI is InChI=1S/C34H42O20/c1-10-20(38)24(42)27(45)32(49-10)48-9-18-22(40)26(44)31(54-33-28(46)25(43)21(39)11(2)50-33)34(52-18)53-30-23(41)19-15(37)7-13(35)8-17(19)51-29(30)12-4-5-14(36)16(6-12)47-3/h4-8,10-11,18,20-22,24-28,31-40,42-46H,9H2,1-3H3/t10-,11-,18-,20+,21-,22+,24+,25-,26+,27+,28-,31+,32+,33-,34-/m1/s1. The first-order valence-electron chi connectivity index (χ1n) is 16.8. The van der Waals surface area contributed by atoms with Crippen LogP contribution in [-0.2, 0) is 23.7 Å². The number of fused-ring (bicyclic) bond motifs is 1. The minimum absolute atomic E-state index is 0.0468. The van der Waals surface area contributed by atoms with Gasteiger partial charge in [0.15, 0.2) is 35.9 Å². The predicted molar refractivity (Wildman–Crippen MR) is 176 cm³/mol. The van der Waals surface area contributed by atoms with Crippen LogP contribution in [0.15, 0.2) is 39.5 Å². The van der Waals surface area contributed by atoms with Crippen LogP contribution in [0, 0.1) is 0 Å². The normalized spacial score (nSPS) is 37.3. The number of phenolic OH excluding ortho intramolecular Hbond substituents is 3. The highest BCUT2D eigenvalue weighted by atomic mass is 16.8. The van der Waals surface area contributed by atoms with E-state index in [-0.39, 0.29) is 28.4 Å². The molecule has 54 heavy (non-hydrogen) atoms. The van der Waals surface area contributed by atoms with Gasteiger partial charge in [-0.25, -0.2) is 0 Å². The highest BCUT2D eigenvalue weighted by Crippen LogP contribution is 2.40. The molecule has 6 rings (SSSR count). The number of ether oxygens (including phenoxy) is 7. The monoisotopic (exact) mass is 770 g/mol. The van der Waals surface area contributed by atoms with E-state index in [1.807, 2.05) is 0 Å². The molecule has 0 bridgehead atoms. The second kappa shape index (κ2) is 15.7. The van der Waals surface area contributed by atoms with E-state index in [1.165, 1.54) is 39.2 Å². The molecule has 3 fully saturated rings. The molecule has 0 aliphatic carbocycles. The second-order valence-corrected chi connectivity index (χ2v) is 13.3. The van der Waals surface area contributed by atoms with Gasteiger partial charge in [0, 0.05) is 17.7 Å². The molecular weight excluding hydrogens is 728 g/mol. The molecule has 0 radical (unpaired) electrons. The van der Waals surface area contributed by atoms with Crippen LogP contribution >= 0.6 is 0 Å². The van der Waals surface area contributed by atoms with E-state index >= 15 is 0 Å². The van der Waals surface area contributed by atoms with Gasteiger partial charge in [-0.3, -0.25) is 4.79 Å². The third-order valence-electron chi connectivity index (χ3n) is 9.57. The van der Waals surface area contributed by atoms with Crippen LogP contribution in [0.3, 0.4) is 0 Å². The third-order valence-corrected chi connectivity index (χ3v) is 9.57. The van der Waals surface area contributed by atoms with Crippen LogP contribution in [0.2, 0.25) is 0 Å². The Bertz CT molecular complexity index is 1850.